The van der Waals surface area contributed by atoms with Crippen molar-refractivity contribution >= 4 is 17.5 Å². The van der Waals surface area contributed by atoms with Crippen LogP contribution in [0.3, 0.4) is 0 Å². The van der Waals surface area contributed by atoms with Crippen molar-refractivity contribution in [2.75, 3.05) is 13.1 Å². The minimum Gasteiger partial charge on any atom is -0.352 e. The van der Waals surface area contributed by atoms with E-state index in [1.807, 2.05) is 32.0 Å². The number of amides is 3. The predicted octanol–water partition coefficient (Wildman–Crippen LogP) is 2.39. The Labute approximate surface area is 137 Å². The van der Waals surface area contributed by atoms with E-state index >= 15 is 0 Å². The van der Waals surface area contributed by atoms with Crippen molar-refractivity contribution in [3.63, 3.8) is 0 Å². The normalized spacial score (nSPS) is 17.1. The number of carbonyl (C=O) groups excluding carboxylic acids is 2. The number of urea groups is 1. The summed E-state index contributed by atoms with van der Waals surface area (Å²) in [4.78, 5) is 25.7. The van der Waals surface area contributed by atoms with Crippen molar-refractivity contribution in [2.24, 2.45) is 11.7 Å². The van der Waals surface area contributed by atoms with Gasteiger partial charge < -0.3 is 16.0 Å². The van der Waals surface area contributed by atoms with E-state index in [1.165, 1.54) is 11.1 Å². The zero-order valence-electron chi connectivity index (χ0n) is 13.8. The molecule has 1 aromatic carbocycles. The van der Waals surface area contributed by atoms with E-state index < -0.39 is 12.1 Å². The van der Waals surface area contributed by atoms with Crippen LogP contribution in [0.2, 0.25) is 0 Å². The Bertz CT molecular complexity index is 583. The average molecular weight is 315 g/mol. The van der Waals surface area contributed by atoms with Crippen LogP contribution in [0, 0.1) is 5.92 Å². The van der Waals surface area contributed by atoms with Crippen molar-refractivity contribution in [2.45, 2.75) is 32.7 Å². The molecule has 1 aliphatic heterocycles. The van der Waals surface area contributed by atoms with E-state index in [-0.39, 0.29) is 11.8 Å². The summed E-state index contributed by atoms with van der Waals surface area (Å²) in [5.41, 5.74) is 7.68. The molecular formula is C18H25N3O2. The molecule has 23 heavy (non-hydrogen) atoms. The van der Waals surface area contributed by atoms with E-state index in [0.29, 0.717) is 13.1 Å². The second-order valence-corrected chi connectivity index (χ2v) is 6.00. The molecular weight excluding hydrogens is 290 g/mol. The van der Waals surface area contributed by atoms with Crippen molar-refractivity contribution in [3.05, 3.63) is 42.0 Å². The molecule has 2 atom stereocenters. The molecule has 0 spiro atoms. The molecule has 1 aromatic rings. The second kappa shape index (κ2) is 7.81. The highest BCUT2D eigenvalue weighted by atomic mass is 16.2. The highest BCUT2D eigenvalue weighted by Crippen LogP contribution is 2.23. The van der Waals surface area contributed by atoms with Crippen LogP contribution in [0.15, 0.2) is 36.4 Å². The third-order valence-electron chi connectivity index (χ3n) is 4.44. The molecule has 1 heterocycles. The van der Waals surface area contributed by atoms with Gasteiger partial charge in [0.05, 0.1) is 0 Å². The fraction of sp³-hybridized carbons (Fsp3) is 0.444. The molecule has 0 radical (unpaired) electrons. The van der Waals surface area contributed by atoms with E-state index in [9.17, 15) is 9.59 Å². The maximum absolute atomic E-state index is 12.7. The van der Waals surface area contributed by atoms with Crippen molar-refractivity contribution in [1.29, 1.82) is 0 Å². The molecule has 0 aliphatic carbocycles. The second-order valence-electron chi connectivity index (χ2n) is 6.00. The summed E-state index contributed by atoms with van der Waals surface area (Å²) in [5.74, 6) is -0.00369. The van der Waals surface area contributed by atoms with E-state index in [1.54, 1.807) is 4.90 Å². The van der Waals surface area contributed by atoms with Crippen molar-refractivity contribution in [3.8, 4) is 0 Å². The topological polar surface area (TPSA) is 75.4 Å². The minimum atomic E-state index is -0.652. The Morgan fingerprint density at radius 2 is 2.00 bits per heavy atom. The maximum atomic E-state index is 12.7. The van der Waals surface area contributed by atoms with Crippen LogP contribution < -0.4 is 11.1 Å². The predicted molar refractivity (Wildman–Crippen MR) is 91.6 cm³/mol. The van der Waals surface area contributed by atoms with Gasteiger partial charge in [0.25, 0.3) is 0 Å². The quantitative estimate of drug-likeness (QED) is 0.875. The fourth-order valence-corrected chi connectivity index (χ4v) is 2.82. The molecule has 2 rings (SSSR count). The molecule has 0 unspecified atom stereocenters. The summed E-state index contributed by atoms with van der Waals surface area (Å²) < 4.78 is 0. The lowest BCUT2D eigenvalue weighted by Gasteiger charge is -2.32. The van der Waals surface area contributed by atoms with E-state index in [4.69, 9.17) is 5.73 Å². The zero-order valence-corrected chi connectivity index (χ0v) is 13.8. The molecule has 0 saturated heterocycles. The zero-order chi connectivity index (χ0) is 16.8. The van der Waals surface area contributed by atoms with Gasteiger partial charge in [0.1, 0.15) is 6.04 Å². The van der Waals surface area contributed by atoms with Gasteiger partial charge in [-0.25, -0.2) is 4.79 Å². The monoisotopic (exact) mass is 315 g/mol. The number of rotatable bonds is 5. The average Bonchev–Trinajstić information content (AvgIpc) is 2.59. The van der Waals surface area contributed by atoms with Gasteiger partial charge in [-0.15, -0.1) is 0 Å². The molecule has 5 heteroatoms. The van der Waals surface area contributed by atoms with Gasteiger partial charge in [-0.05, 0) is 23.5 Å². The highest BCUT2D eigenvalue weighted by Gasteiger charge is 2.30. The van der Waals surface area contributed by atoms with Gasteiger partial charge in [-0.1, -0.05) is 56.7 Å². The van der Waals surface area contributed by atoms with E-state index in [2.05, 4.69) is 23.5 Å². The van der Waals surface area contributed by atoms with Crippen LogP contribution in [0.5, 0.6) is 0 Å². The fourth-order valence-electron chi connectivity index (χ4n) is 2.82. The lowest BCUT2D eigenvalue weighted by atomic mass is 9.95. The maximum Gasteiger partial charge on any atom is 0.312 e. The SMILES string of the molecule is CC[C@@H](C)[C@H](NC(N)=O)C(=O)N1CC=C(c2ccccc2)CC1. The highest BCUT2D eigenvalue weighted by molar-refractivity contribution is 5.87. The molecule has 0 bridgehead atoms. The van der Waals surface area contributed by atoms with Crippen LogP contribution in [-0.4, -0.2) is 36.0 Å². The molecule has 124 valence electrons. The third-order valence-corrected chi connectivity index (χ3v) is 4.44. The van der Waals surface area contributed by atoms with Gasteiger partial charge in [0.2, 0.25) is 5.91 Å². The number of nitrogens with one attached hydrogen (secondary N) is 1. The van der Waals surface area contributed by atoms with Gasteiger partial charge in [-0.3, -0.25) is 4.79 Å². The molecule has 5 nitrogen and oxygen atoms in total. The Hall–Kier alpha value is -2.30. The lowest BCUT2D eigenvalue weighted by Crippen LogP contribution is -2.53. The van der Waals surface area contributed by atoms with Crippen LogP contribution >= 0.6 is 0 Å². The Kier molecular flexibility index (Phi) is 5.79. The number of nitrogens with two attached hydrogens (primary N) is 1. The van der Waals surface area contributed by atoms with Gasteiger partial charge in [0, 0.05) is 13.1 Å². The first kappa shape index (κ1) is 17.1. The summed E-state index contributed by atoms with van der Waals surface area (Å²) in [6.07, 6.45) is 3.71. The molecule has 3 N–H and O–H groups in total. The summed E-state index contributed by atoms with van der Waals surface area (Å²) >= 11 is 0. The Balaban J connectivity index is 2.06. The standard InChI is InChI=1S/C18H25N3O2/c1-3-13(2)16(20-18(19)23)17(22)21-11-9-15(10-12-21)14-7-5-4-6-8-14/h4-9,13,16H,3,10-12H2,1-2H3,(H3,19,20,23)/t13-,16+/m1/s1. The number of primary amides is 1. The number of nitrogens with zero attached hydrogens (tertiary/aromatic N) is 1. The first-order valence-electron chi connectivity index (χ1n) is 8.12. The summed E-state index contributed by atoms with van der Waals surface area (Å²) in [7, 11) is 0. The summed E-state index contributed by atoms with van der Waals surface area (Å²) in [6.45, 7) is 5.17. The van der Waals surface area contributed by atoms with Gasteiger partial charge in [0.15, 0.2) is 0 Å². The number of hydrogen-bond donors (Lipinski definition) is 2. The van der Waals surface area contributed by atoms with Crippen LogP contribution in [0.1, 0.15) is 32.3 Å². The third kappa shape index (κ3) is 4.34. The van der Waals surface area contributed by atoms with Crippen molar-refractivity contribution < 1.29 is 9.59 Å². The molecule has 0 aromatic heterocycles. The first-order valence-corrected chi connectivity index (χ1v) is 8.12. The number of carbonyl (C=O) groups is 2. The van der Waals surface area contributed by atoms with Crippen LogP contribution in [0.4, 0.5) is 4.79 Å². The number of benzene rings is 1. The minimum absolute atomic E-state index is 0.0505. The Morgan fingerprint density at radius 1 is 1.30 bits per heavy atom. The van der Waals surface area contributed by atoms with Crippen LogP contribution in [0.25, 0.3) is 5.57 Å². The smallest absolute Gasteiger partial charge is 0.312 e. The van der Waals surface area contributed by atoms with Gasteiger partial charge in [-0.2, -0.15) is 0 Å². The van der Waals surface area contributed by atoms with Crippen molar-refractivity contribution in [1.82, 2.24) is 10.2 Å². The first-order chi connectivity index (χ1) is 11.0. The molecule has 0 saturated carbocycles. The van der Waals surface area contributed by atoms with E-state index in [0.717, 1.165) is 12.8 Å². The lowest BCUT2D eigenvalue weighted by molar-refractivity contribution is -0.134. The summed E-state index contributed by atoms with van der Waals surface area (Å²) in [6, 6.07) is 8.99. The molecule has 0 fully saturated rings. The van der Waals surface area contributed by atoms with Crippen LogP contribution in [-0.2, 0) is 4.79 Å². The molecule has 1 aliphatic rings. The number of hydrogen-bond acceptors (Lipinski definition) is 2. The summed E-state index contributed by atoms with van der Waals surface area (Å²) in [5, 5.41) is 2.60. The molecule has 3 amide bonds. The Morgan fingerprint density at radius 3 is 2.52 bits per heavy atom. The largest absolute Gasteiger partial charge is 0.352 e. The van der Waals surface area contributed by atoms with Gasteiger partial charge >= 0.3 is 6.03 Å².